The summed E-state index contributed by atoms with van der Waals surface area (Å²) in [5, 5.41) is 3.90. The van der Waals surface area contributed by atoms with Crippen LogP contribution in [0.15, 0.2) is 0 Å². The molecule has 0 heterocycles. The third-order valence-electron chi connectivity index (χ3n) is 4.94. The SMILES string of the molecule is CCC(CC)C(C)NC1CCCC(C)C1C. The summed E-state index contributed by atoms with van der Waals surface area (Å²) < 4.78 is 0. The van der Waals surface area contributed by atoms with Crippen LogP contribution in [-0.2, 0) is 0 Å². The van der Waals surface area contributed by atoms with Crippen LogP contribution in [0.25, 0.3) is 0 Å². The van der Waals surface area contributed by atoms with Gasteiger partial charge in [-0.2, -0.15) is 0 Å². The third kappa shape index (κ3) is 3.48. The van der Waals surface area contributed by atoms with Crippen molar-refractivity contribution in [3.8, 4) is 0 Å². The molecular formula is C15H31N. The maximum Gasteiger partial charge on any atom is 0.00978 e. The van der Waals surface area contributed by atoms with E-state index < -0.39 is 0 Å². The highest BCUT2D eigenvalue weighted by molar-refractivity contribution is 4.85. The van der Waals surface area contributed by atoms with Crippen LogP contribution >= 0.6 is 0 Å². The second-order valence-corrected chi connectivity index (χ2v) is 5.91. The van der Waals surface area contributed by atoms with Crippen molar-refractivity contribution in [2.45, 2.75) is 78.8 Å². The Kier molecular flexibility index (Phi) is 5.82. The third-order valence-corrected chi connectivity index (χ3v) is 4.94. The molecule has 1 rings (SSSR count). The van der Waals surface area contributed by atoms with Gasteiger partial charge in [-0.05, 0) is 31.1 Å². The number of nitrogens with one attached hydrogen (secondary N) is 1. The van der Waals surface area contributed by atoms with Gasteiger partial charge in [0.25, 0.3) is 0 Å². The smallest absolute Gasteiger partial charge is 0.00978 e. The molecular weight excluding hydrogens is 194 g/mol. The number of hydrogen-bond donors (Lipinski definition) is 1. The van der Waals surface area contributed by atoms with E-state index >= 15 is 0 Å². The molecule has 0 aromatic rings. The van der Waals surface area contributed by atoms with Gasteiger partial charge >= 0.3 is 0 Å². The largest absolute Gasteiger partial charge is 0.311 e. The second kappa shape index (κ2) is 6.64. The fraction of sp³-hybridized carbons (Fsp3) is 1.00. The monoisotopic (exact) mass is 225 g/mol. The van der Waals surface area contributed by atoms with E-state index in [1.165, 1.54) is 32.1 Å². The van der Waals surface area contributed by atoms with Crippen molar-refractivity contribution in [1.82, 2.24) is 5.32 Å². The van der Waals surface area contributed by atoms with Gasteiger partial charge in [0.15, 0.2) is 0 Å². The highest BCUT2D eigenvalue weighted by Crippen LogP contribution is 2.30. The molecule has 4 unspecified atom stereocenters. The zero-order chi connectivity index (χ0) is 12.1. The molecule has 0 spiro atoms. The first kappa shape index (κ1) is 14.0. The molecule has 1 aliphatic carbocycles. The number of rotatable bonds is 5. The fourth-order valence-corrected chi connectivity index (χ4v) is 3.29. The van der Waals surface area contributed by atoms with Crippen molar-refractivity contribution < 1.29 is 0 Å². The topological polar surface area (TPSA) is 12.0 Å². The van der Waals surface area contributed by atoms with Crippen LogP contribution < -0.4 is 5.32 Å². The van der Waals surface area contributed by atoms with E-state index in [1.54, 1.807) is 0 Å². The molecule has 0 aromatic heterocycles. The molecule has 0 saturated heterocycles. The van der Waals surface area contributed by atoms with E-state index in [1.807, 2.05) is 0 Å². The normalized spacial score (nSPS) is 33.0. The minimum absolute atomic E-state index is 0.688. The lowest BCUT2D eigenvalue weighted by Gasteiger charge is -2.38. The van der Waals surface area contributed by atoms with Crippen LogP contribution in [0.1, 0.15) is 66.7 Å². The van der Waals surface area contributed by atoms with Gasteiger partial charge in [-0.25, -0.2) is 0 Å². The van der Waals surface area contributed by atoms with Gasteiger partial charge < -0.3 is 5.32 Å². The molecule has 96 valence electrons. The van der Waals surface area contributed by atoms with Crippen molar-refractivity contribution in [1.29, 1.82) is 0 Å². The molecule has 0 radical (unpaired) electrons. The maximum absolute atomic E-state index is 3.90. The molecule has 0 bridgehead atoms. The standard InChI is InChI=1S/C15H31N/c1-6-14(7-2)13(5)16-15-10-8-9-11(3)12(15)4/h11-16H,6-10H2,1-5H3. The molecule has 0 amide bonds. The van der Waals surface area contributed by atoms with Gasteiger partial charge in [0.1, 0.15) is 0 Å². The van der Waals surface area contributed by atoms with Crippen molar-refractivity contribution in [3.05, 3.63) is 0 Å². The van der Waals surface area contributed by atoms with Gasteiger partial charge in [-0.1, -0.05) is 53.4 Å². The Hall–Kier alpha value is -0.0400. The predicted molar refractivity (Wildman–Crippen MR) is 72.6 cm³/mol. The average Bonchev–Trinajstić information content (AvgIpc) is 2.26. The summed E-state index contributed by atoms with van der Waals surface area (Å²) in [5.74, 6) is 2.61. The van der Waals surface area contributed by atoms with Crippen molar-refractivity contribution in [2.24, 2.45) is 17.8 Å². The Labute approximate surface area is 102 Å². The second-order valence-electron chi connectivity index (χ2n) is 5.91. The molecule has 1 saturated carbocycles. The van der Waals surface area contributed by atoms with Crippen LogP contribution in [0.4, 0.5) is 0 Å². The van der Waals surface area contributed by atoms with Gasteiger partial charge in [0.2, 0.25) is 0 Å². The summed E-state index contributed by atoms with van der Waals surface area (Å²) in [6, 6.07) is 1.45. The molecule has 1 aliphatic rings. The summed E-state index contributed by atoms with van der Waals surface area (Å²) in [6.07, 6.45) is 6.84. The lowest BCUT2D eigenvalue weighted by atomic mass is 9.77. The Morgan fingerprint density at radius 1 is 1.12 bits per heavy atom. The Morgan fingerprint density at radius 3 is 2.31 bits per heavy atom. The van der Waals surface area contributed by atoms with Crippen LogP contribution in [0.3, 0.4) is 0 Å². The summed E-state index contributed by atoms with van der Waals surface area (Å²) >= 11 is 0. The summed E-state index contributed by atoms with van der Waals surface area (Å²) in [4.78, 5) is 0. The van der Waals surface area contributed by atoms with E-state index in [9.17, 15) is 0 Å². The summed E-state index contributed by atoms with van der Waals surface area (Å²) in [5.41, 5.74) is 0. The molecule has 1 N–H and O–H groups in total. The first-order chi connectivity index (χ1) is 7.60. The Balaban J connectivity index is 2.45. The first-order valence-electron chi connectivity index (χ1n) is 7.36. The molecule has 4 atom stereocenters. The van der Waals surface area contributed by atoms with Crippen LogP contribution in [0.2, 0.25) is 0 Å². The first-order valence-corrected chi connectivity index (χ1v) is 7.36. The summed E-state index contributed by atoms with van der Waals surface area (Å²) in [7, 11) is 0. The highest BCUT2D eigenvalue weighted by atomic mass is 15.0. The van der Waals surface area contributed by atoms with Gasteiger partial charge in [0.05, 0.1) is 0 Å². The van der Waals surface area contributed by atoms with Crippen LogP contribution in [-0.4, -0.2) is 12.1 Å². The Bertz CT molecular complexity index is 186. The van der Waals surface area contributed by atoms with Gasteiger partial charge in [0, 0.05) is 12.1 Å². The molecule has 16 heavy (non-hydrogen) atoms. The zero-order valence-electron chi connectivity index (χ0n) is 11.9. The summed E-state index contributed by atoms with van der Waals surface area (Å²) in [6.45, 7) is 11.9. The minimum atomic E-state index is 0.688. The van der Waals surface area contributed by atoms with E-state index in [4.69, 9.17) is 0 Å². The average molecular weight is 225 g/mol. The van der Waals surface area contributed by atoms with Crippen LogP contribution in [0, 0.1) is 17.8 Å². The van der Waals surface area contributed by atoms with Crippen LogP contribution in [0.5, 0.6) is 0 Å². The van der Waals surface area contributed by atoms with E-state index in [2.05, 4.69) is 39.9 Å². The van der Waals surface area contributed by atoms with Gasteiger partial charge in [-0.3, -0.25) is 0 Å². The minimum Gasteiger partial charge on any atom is -0.311 e. The van der Waals surface area contributed by atoms with Gasteiger partial charge in [-0.15, -0.1) is 0 Å². The highest BCUT2D eigenvalue weighted by Gasteiger charge is 2.28. The molecule has 1 heteroatoms. The maximum atomic E-state index is 3.90. The van der Waals surface area contributed by atoms with Crippen molar-refractivity contribution in [3.63, 3.8) is 0 Å². The molecule has 0 aliphatic heterocycles. The lowest BCUT2D eigenvalue weighted by molar-refractivity contribution is 0.179. The quantitative estimate of drug-likeness (QED) is 0.738. The fourth-order valence-electron chi connectivity index (χ4n) is 3.29. The lowest BCUT2D eigenvalue weighted by Crippen LogP contribution is -2.47. The molecule has 1 nitrogen and oxygen atoms in total. The van der Waals surface area contributed by atoms with Crippen molar-refractivity contribution in [2.75, 3.05) is 0 Å². The predicted octanol–water partition coefficient (Wildman–Crippen LogP) is 4.23. The van der Waals surface area contributed by atoms with Crippen molar-refractivity contribution >= 4 is 0 Å². The molecule has 0 aromatic carbocycles. The Morgan fingerprint density at radius 2 is 1.75 bits per heavy atom. The van der Waals surface area contributed by atoms with E-state index in [-0.39, 0.29) is 0 Å². The zero-order valence-corrected chi connectivity index (χ0v) is 11.9. The van der Waals surface area contributed by atoms with E-state index in [0.29, 0.717) is 6.04 Å². The van der Waals surface area contributed by atoms with E-state index in [0.717, 1.165) is 23.8 Å². The molecule has 1 fully saturated rings. The number of hydrogen-bond acceptors (Lipinski definition) is 1.